The third-order valence-electron chi connectivity index (χ3n) is 6.23. The Bertz CT molecular complexity index is 1500. The molecule has 0 bridgehead atoms. The number of ether oxygens (including phenoxy) is 2. The zero-order valence-corrected chi connectivity index (χ0v) is 21.6. The second kappa shape index (κ2) is 10.9. The van der Waals surface area contributed by atoms with Crippen molar-refractivity contribution in [2.75, 3.05) is 13.2 Å². The minimum atomic E-state index is -0.318. The zero-order chi connectivity index (χ0) is 25.8. The molecule has 4 aromatic rings. The van der Waals surface area contributed by atoms with Crippen molar-refractivity contribution in [3.63, 3.8) is 0 Å². The number of thioether (sulfide) groups is 1. The van der Waals surface area contributed by atoms with E-state index in [2.05, 4.69) is 0 Å². The maximum atomic E-state index is 13.2. The predicted octanol–water partition coefficient (Wildman–Crippen LogP) is 7.15. The molecule has 0 saturated carbocycles. The molecule has 0 aliphatic carbocycles. The Labute approximate surface area is 220 Å². The van der Waals surface area contributed by atoms with Gasteiger partial charge < -0.3 is 9.47 Å². The van der Waals surface area contributed by atoms with Gasteiger partial charge in [0.1, 0.15) is 24.7 Å². The van der Waals surface area contributed by atoms with Gasteiger partial charge >= 0.3 is 0 Å². The van der Waals surface area contributed by atoms with Crippen molar-refractivity contribution in [1.29, 1.82) is 0 Å². The molecule has 0 N–H and O–H groups in total. The van der Waals surface area contributed by atoms with Gasteiger partial charge in [0.15, 0.2) is 0 Å². The Balaban J connectivity index is 1.37. The number of imide groups is 1. The first-order chi connectivity index (χ1) is 18.0. The lowest BCUT2D eigenvalue weighted by atomic mass is 10.0. The third kappa shape index (κ3) is 5.54. The first-order valence-corrected chi connectivity index (χ1v) is 12.9. The largest absolute Gasteiger partial charge is 0.491 e. The van der Waals surface area contributed by atoms with E-state index in [4.69, 9.17) is 9.47 Å². The number of benzene rings is 4. The maximum absolute atomic E-state index is 13.2. The Morgan fingerprint density at radius 1 is 0.838 bits per heavy atom. The molecule has 1 saturated heterocycles. The van der Waals surface area contributed by atoms with Gasteiger partial charge in [-0.2, -0.15) is 0 Å². The Morgan fingerprint density at radius 2 is 1.62 bits per heavy atom. The van der Waals surface area contributed by atoms with Crippen LogP contribution < -0.4 is 9.47 Å². The van der Waals surface area contributed by atoms with Gasteiger partial charge in [0, 0.05) is 5.56 Å². The van der Waals surface area contributed by atoms with Gasteiger partial charge in [-0.3, -0.25) is 14.5 Å². The molecule has 37 heavy (non-hydrogen) atoms. The summed E-state index contributed by atoms with van der Waals surface area (Å²) in [5, 5.41) is 1.69. The lowest BCUT2D eigenvalue weighted by Crippen LogP contribution is -2.32. The smallest absolute Gasteiger partial charge is 0.293 e. The van der Waals surface area contributed by atoms with Crippen molar-refractivity contribution >= 4 is 39.8 Å². The first-order valence-electron chi connectivity index (χ1n) is 12.1. The molecule has 6 heteroatoms. The van der Waals surface area contributed by atoms with E-state index in [0.717, 1.165) is 50.5 Å². The number of carbonyl (C=O) groups is 2. The van der Waals surface area contributed by atoms with Crippen LogP contribution in [0.2, 0.25) is 0 Å². The predicted molar refractivity (Wildman–Crippen MR) is 149 cm³/mol. The fourth-order valence-electron chi connectivity index (χ4n) is 4.22. The van der Waals surface area contributed by atoms with Crippen LogP contribution in [0.15, 0.2) is 89.8 Å². The van der Waals surface area contributed by atoms with Gasteiger partial charge in [0.2, 0.25) is 0 Å². The number of hydrogen-bond donors (Lipinski definition) is 0. The molecule has 0 atom stereocenters. The molecule has 0 aromatic heterocycles. The zero-order valence-electron chi connectivity index (χ0n) is 20.8. The second-order valence-corrected chi connectivity index (χ2v) is 9.92. The van der Waals surface area contributed by atoms with E-state index < -0.39 is 0 Å². The van der Waals surface area contributed by atoms with Crippen molar-refractivity contribution in [2.45, 2.75) is 20.5 Å². The van der Waals surface area contributed by atoms with Gasteiger partial charge in [-0.15, -0.1) is 0 Å². The van der Waals surface area contributed by atoms with Crippen LogP contribution in [0.5, 0.6) is 11.5 Å². The van der Waals surface area contributed by atoms with Crippen LogP contribution in [0, 0.1) is 13.8 Å². The third-order valence-corrected chi connectivity index (χ3v) is 7.14. The standard InChI is InChI=1S/C31H27NO4S/c1-21-12-13-22(2)28(18-21)35-17-16-32-30(33)29(37-31(32)34)19-26-25-11-7-6-10-24(25)14-15-27(26)36-20-23-8-4-3-5-9-23/h3-15,18-19H,16-17,20H2,1-2H3/b29-19-. The van der Waals surface area contributed by atoms with Crippen LogP contribution in [0.1, 0.15) is 22.3 Å². The lowest BCUT2D eigenvalue weighted by Gasteiger charge is -2.15. The summed E-state index contributed by atoms with van der Waals surface area (Å²) in [5.41, 5.74) is 3.94. The Morgan fingerprint density at radius 3 is 2.46 bits per heavy atom. The average Bonchev–Trinajstić information content (AvgIpc) is 3.18. The van der Waals surface area contributed by atoms with Crippen molar-refractivity contribution in [3.05, 3.63) is 112 Å². The summed E-state index contributed by atoms with van der Waals surface area (Å²) in [6.07, 6.45) is 1.78. The highest BCUT2D eigenvalue weighted by molar-refractivity contribution is 8.18. The summed E-state index contributed by atoms with van der Waals surface area (Å²) in [6, 6.07) is 27.8. The van der Waals surface area contributed by atoms with E-state index in [9.17, 15) is 9.59 Å². The number of nitrogens with zero attached hydrogens (tertiary/aromatic N) is 1. The molecular weight excluding hydrogens is 482 g/mol. The van der Waals surface area contributed by atoms with E-state index in [1.165, 1.54) is 4.90 Å². The van der Waals surface area contributed by atoms with E-state index >= 15 is 0 Å². The SMILES string of the molecule is Cc1ccc(C)c(OCCN2C(=O)S/C(=C\c3c(OCc4ccccc4)ccc4ccccc34)C2=O)c1. The highest BCUT2D eigenvalue weighted by atomic mass is 32.2. The Kier molecular flexibility index (Phi) is 7.28. The van der Waals surface area contributed by atoms with Crippen molar-refractivity contribution < 1.29 is 19.1 Å². The molecule has 1 fully saturated rings. The molecular formula is C31H27NO4S. The van der Waals surface area contributed by atoms with Gasteiger partial charge in [-0.05, 0) is 71.3 Å². The van der Waals surface area contributed by atoms with E-state index in [1.54, 1.807) is 6.08 Å². The molecule has 1 heterocycles. The molecule has 0 unspecified atom stereocenters. The average molecular weight is 510 g/mol. The fraction of sp³-hybridized carbons (Fsp3) is 0.161. The molecule has 0 radical (unpaired) electrons. The van der Waals surface area contributed by atoms with E-state index in [0.29, 0.717) is 17.3 Å². The maximum Gasteiger partial charge on any atom is 0.293 e. The number of hydrogen-bond acceptors (Lipinski definition) is 5. The topological polar surface area (TPSA) is 55.8 Å². The highest BCUT2D eigenvalue weighted by Crippen LogP contribution is 2.37. The van der Waals surface area contributed by atoms with Crippen LogP contribution in [0.4, 0.5) is 4.79 Å². The number of rotatable bonds is 8. The number of fused-ring (bicyclic) bond motifs is 1. The monoisotopic (exact) mass is 509 g/mol. The molecule has 2 amide bonds. The van der Waals surface area contributed by atoms with Gasteiger partial charge in [-0.1, -0.05) is 72.8 Å². The molecule has 0 spiro atoms. The van der Waals surface area contributed by atoms with Crippen LogP contribution in [-0.2, 0) is 11.4 Å². The van der Waals surface area contributed by atoms with Crippen molar-refractivity contribution in [1.82, 2.24) is 4.90 Å². The molecule has 5 nitrogen and oxygen atoms in total. The summed E-state index contributed by atoms with van der Waals surface area (Å²) in [4.78, 5) is 27.6. The van der Waals surface area contributed by atoms with Crippen LogP contribution in [-0.4, -0.2) is 29.2 Å². The van der Waals surface area contributed by atoms with Crippen LogP contribution >= 0.6 is 11.8 Å². The van der Waals surface area contributed by atoms with Gasteiger partial charge in [-0.25, -0.2) is 0 Å². The summed E-state index contributed by atoms with van der Waals surface area (Å²) >= 11 is 0.948. The second-order valence-electron chi connectivity index (χ2n) is 8.92. The molecule has 1 aliphatic rings. The Hall–Kier alpha value is -4.03. The normalized spacial score (nSPS) is 14.5. The van der Waals surface area contributed by atoms with Gasteiger partial charge in [0.25, 0.3) is 11.1 Å². The number of amides is 2. The quantitative estimate of drug-likeness (QED) is 0.236. The number of carbonyl (C=O) groups excluding carboxylic acids is 2. The minimum Gasteiger partial charge on any atom is -0.491 e. The molecule has 1 aliphatic heterocycles. The highest BCUT2D eigenvalue weighted by Gasteiger charge is 2.35. The lowest BCUT2D eigenvalue weighted by molar-refractivity contribution is -0.123. The summed E-state index contributed by atoms with van der Waals surface area (Å²) in [7, 11) is 0. The summed E-state index contributed by atoms with van der Waals surface area (Å²) in [5.74, 6) is 1.10. The first kappa shape index (κ1) is 24.7. The molecule has 186 valence electrons. The van der Waals surface area contributed by atoms with Crippen LogP contribution in [0.25, 0.3) is 16.8 Å². The summed E-state index contributed by atoms with van der Waals surface area (Å²) in [6.45, 7) is 4.78. The van der Waals surface area contributed by atoms with Crippen molar-refractivity contribution in [3.8, 4) is 11.5 Å². The van der Waals surface area contributed by atoms with E-state index in [1.807, 2.05) is 98.8 Å². The minimum absolute atomic E-state index is 0.183. The van der Waals surface area contributed by atoms with Crippen LogP contribution in [0.3, 0.4) is 0 Å². The van der Waals surface area contributed by atoms with Crippen molar-refractivity contribution in [2.24, 2.45) is 0 Å². The fourth-order valence-corrected chi connectivity index (χ4v) is 5.07. The number of aryl methyl sites for hydroxylation is 2. The van der Waals surface area contributed by atoms with Gasteiger partial charge in [0.05, 0.1) is 11.4 Å². The molecule has 5 rings (SSSR count). The summed E-state index contributed by atoms with van der Waals surface area (Å²) < 4.78 is 12.1. The molecule has 4 aromatic carbocycles. The van der Waals surface area contributed by atoms with E-state index in [-0.39, 0.29) is 24.3 Å².